The number of fused-ring (bicyclic) bond motifs is 1. The van der Waals surface area contributed by atoms with Crippen LogP contribution in [0.3, 0.4) is 0 Å². The molecule has 2 rings (SSSR count). The van der Waals surface area contributed by atoms with Gasteiger partial charge in [0.05, 0.1) is 12.5 Å². The molecule has 0 aromatic heterocycles. The SMILES string of the molecule is O=C(O)CC(O)c1ccc2c(c1)CCCC2. The van der Waals surface area contributed by atoms with Gasteiger partial charge in [0.1, 0.15) is 0 Å². The lowest BCUT2D eigenvalue weighted by molar-refractivity contribution is -0.139. The number of aliphatic carboxylic acids is 1. The van der Waals surface area contributed by atoms with Crippen LogP contribution in [0.2, 0.25) is 0 Å². The Bertz CT molecular complexity index is 398. The molecule has 1 aromatic rings. The summed E-state index contributed by atoms with van der Waals surface area (Å²) in [6.07, 6.45) is 3.45. The molecule has 1 aliphatic carbocycles. The Morgan fingerprint density at radius 2 is 1.94 bits per heavy atom. The van der Waals surface area contributed by atoms with Gasteiger partial charge in [-0.2, -0.15) is 0 Å². The van der Waals surface area contributed by atoms with Gasteiger partial charge in [-0.25, -0.2) is 0 Å². The lowest BCUT2D eigenvalue weighted by Gasteiger charge is -2.18. The molecule has 1 atom stereocenters. The van der Waals surface area contributed by atoms with Gasteiger partial charge in [-0.3, -0.25) is 4.79 Å². The van der Waals surface area contributed by atoms with Crippen molar-refractivity contribution in [2.24, 2.45) is 0 Å². The second kappa shape index (κ2) is 4.66. The molecule has 1 aliphatic rings. The van der Waals surface area contributed by atoms with Gasteiger partial charge in [0.25, 0.3) is 0 Å². The molecule has 0 heterocycles. The second-order valence-corrected chi connectivity index (χ2v) is 4.35. The van der Waals surface area contributed by atoms with Crippen LogP contribution in [0.4, 0.5) is 0 Å². The summed E-state index contributed by atoms with van der Waals surface area (Å²) < 4.78 is 0. The Balaban J connectivity index is 2.19. The van der Waals surface area contributed by atoms with Gasteiger partial charge in [0, 0.05) is 0 Å². The first-order chi connectivity index (χ1) is 7.66. The van der Waals surface area contributed by atoms with Crippen LogP contribution in [0, 0.1) is 0 Å². The molecular weight excluding hydrogens is 204 g/mol. The summed E-state index contributed by atoms with van der Waals surface area (Å²) in [5, 5.41) is 18.3. The third kappa shape index (κ3) is 2.42. The number of aryl methyl sites for hydroxylation is 2. The number of carboxylic acid groups (broad SMARTS) is 1. The van der Waals surface area contributed by atoms with Gasteiger partial charge in [0.2, 0.25) is 0 Å². The Hall–Kier alpha value is -1.35. The molecule has 0 spiro atoms. The minimum absolute atomic E-state index is 0.223. The molecule has 3 nitrogen and oxygen atoms in total. The van der Waals surface area contributed by atoms with Gasteiger partial charge >= 0.3 is 5.97 Å². The van der Waals surface area contributed by atoms with Crippen LogP contribution in [0.1, 0.15) is 42.1 Å². The molecule has 2 N–H and O–H groups in total. The van der Waals surface area contributed by atoms with Crippen LogP contribution in [-0.4, -0.2) is 16.2 Å². The molecular formula is C13H16O3. The minimum atomic E-state index is -0.967. The fourth-order valence-electron chi connectivity index (χ4n) is 2.24. The molecule has 0 aliphatic heterocycles. The summed E-state index contributed by atoms with van der Waals surface area (Å²) in [5.41, 5.74) is 3.34. The predicted octanol–water partition coefficient (Wildman–Crippen LogP) is 2.07. The van der Waals surface area contributed by atoms with Crippen molar-refractivity contribution in [3.8, 4) is 0 Å². The lowest BCUT2D eigenvalue weighted by atomic mass is 9.89. The van der Waals surface area contributed by atoms with Gasteiger partial charge in [0.15, 0.2) is 0 Å². The Kier molecular flexibility index (Phi) is 3.25. The van der Waals surface area contributed by atoms with E-state index in [4.69, 9.17) is 5.11 Å². The fraction of sp³-hybridized carbons (Fsp3) is 0.462. The molecule has 0 amide bonds. The molecule has 0 bridgehead atoms. The van der Waals surface area contributed by atoms with E-state index < -0.39 is 12.1 Å². The maximum atomic E-state index is 10.5. The molecule has 16 heavy (non-hydrogen) atoms. The van der Waals surface area contributed by atoms with Crippen LogP contribution >= 0.6 is 0 Å². The molecule has 0 radical (unpaired) electrons. The highest BCUT2D eigenvalue weighted by Crippen LogP contribution is 2.25. The van der Waals surface area contributed by atoms with Crippen molar-refractivity contribution >= 4 is 5.97 Å². The summed E-state index contributed by atoms with van der Waals surface area (Å²) in [6, 6.07) is 5.83. The Morgan fingerprint density at radius 1 is 1.25 bits per heavy atom. The zero-order chi connectivity index (χ0) is 11.5. The van der Waals surface area contributed by atoms with E-state index in [0.717, 1.165) is 18.4 Å². The van der Waals surface area contributed by atoms with Gasteiger partial charge < -0.3 is 10.2 Å². The number of hydrogen-bond acceptors (Lipinski definition) is 2. The zero-order valence-corrected chi connectivity index (χ0v) is 9.15. The van der Waals surface area contributed by atoms with E-state index in [2.05, 4.69) is 0 Å². The number of hydrogen-bond donors (Lipinski definition) is 2. The second-order valence-electron chi connectivity index (χ2n) is 4.35. The number of rotatable bonds is 3. The molecule has 86 valence electrons. The third-order valence-electron chi connectivity index (χ3n) is 3.13. The third-order valence-corrected chi connectivity index (χ3v) is 3.13. The molecule has 0 saturated heterocycles. The summed E-state index contributed by atoms with van der Waals surface area (Å²) in [6.45, 7) is 0. The van der Waals surface area contributed by atoms with Crippen LogP contribution in [0.15, 0.2) is 18.2 Å². The van der Waals surface area contributed by atoms with E-state index in [1.165, 1.54) is 24.0 Å². The van der Waals surface area contributed by atoms with Crippen LogP contribution in [-0.2, 0) is 17.6 Å². The highest BCUT2D eigenvalue weighted by Gasteiger charge is 2.15. The first-order valence-electron chi connectivity index (χ1n) is 5.68. The Morgan fingerprint density at radius 3 is 2.62 bits per heavy atom. The monoisotopic (exact) mass is 220 g/mol. The van der Waals surface area contributed by atoms with E-state index in [1.807, 2.05) is 18.2 Å². The number of carbonyl (C=O) groups is 1. The largest absolute Gasteiger partial charge is 0.481 e. The van der Waals surface area contributed by atoms with E-state index >= 15 is 0 Å². The first-order valence-corrected chi connectivity index (χ1v) is 5.68. The Labute approximate surface area is 94.7 Å². The topological polar surface area (TPSA) is 57.5 Å². The van der Waals surface area contributed by atoms with Crippen molar-refractivity contribution in [3.63, 3.8) is 0 Å². The number of aliphatic hydroxyl groups is 1. The van der Waals surface area contributed by atoms with Crippen molar-refractivity contribution in [2.45, 2.75) is 38.2 Å². The highest BCUT2D eigenvalue weighted by atomic mass is 16.4. The number of aliphatic hydroxyl groups excluding tert-OH is 1. The van der Waals surface area contributed by atoms with Gasteiger partial charge in [-0.05, 0) is 42.4 Å². The van der Waals surface area contributed by atoms with Crippen LogP contribution < -0.4 is 0 Å². The predicted molar refractivity (Wildman–Crippen MR) is 60.3 cm³/mol. The average molecular weight is 220 g/mol. The van der Waals surface area contributed by atoms with Crippen molar-refractivity contribution in [2.75, 3.05) is 0 Å². The normalized spacial score (nSPS) is 16.6. The summed E-state index contributed by atoms with van der Waals surface area (Å²) in [7, 11) is 0. The van der Waals surface area contributed by atoms with Crippen LogP contribution in [0.25, 0.3) is 0 Å². The standard InChI is InChI=1S/C13H16O3/c14-12(8-13(15)16)11-6-5-9-3-1-2-4-10(9)7-11/h5-7,12,14H,1-4,8H2,(H,15,16). The summed E-state index contributed by atoms with van der Waals surface area (Å²) in [5.74, 6) is -0.967. The van der Waals surface area contributed by atoms with E-state index in [9.17, 15) is 9.90 Å². The summed E-state index contributed by atoms with van der Waals surface area (Å²) in [4.78, 5) is 10.5. The van der Waals surface area contributed by atoms with Crippen molar-refractivity contribution in [1.29, 1.82) is 0 Å². The van der Waals surface area contributed by atoms with E-state index in [1.54, 1.807) is 0 Å². The molecule has 0 fully saturated rings. The lowest BCUT2D eigenvalue weighted by Crippen LogP contribution is -2.08. The van der Waals surface area contributed by atoms with E-state index in [0.29, 0.717) is 0 Å². The van der Waals surface area contributed by atoms with E-state index in [-0.39, 0.29) is 6.42 Å². The smallest absolute Gasteiger partial charge is 0.306 e. The number of carboxylic acids is 1. The van der Waals surface area contributed by atoms with Crippen molar-refractivity contribution < 1.29 is 15.0 Å². The molecule has 1 unspecified atom stereocenters. The first kappa shape index (κ1) is 11.1. The molecule has 3 heteroatoms. The van der Waals surface area contributed by atoms with Crippen molar-refractivity contribution in [1.82, 2.24) is 0 Å². The highest BCUT2D eigenvalue weighted by molar-refractivity contribution is 5.67. The molecule has 0 saturated carbocycles. The van der Waals surface area contributed by atoms with Gasteiger partial charge in [-0.15, -0.1) is 0 Å². The van der Waals surface area contributed by atoms with Crippen LogP contribution in [0.5, 0.6) is 0 Å². The quantitative estimate of drug-likeness (QED) is 0.819. The fourth-order valence-corrected chi connectivity index (χ4v) is 2.24. The zero-order valence-electron chi connectivity index (χ0n) is 9.15. The number of benzene rings is 1. The minimum Gasteiger partial charge on any atom is -0.481 e. The van der Waals surface area contributed by atoms with Gasteiger partial charge in [-0.1, -0.05) is 18.2 Å². The maximum absolute atomic E-state index is 10.5. The maximum Gasteiger partial charge on any atom is 0.306 e. The molecule has 1 aromatic carbocycles. The average Bonchev–Trinajstić information content (AvgIpc) is 2.27. The van der Waals surface area contributed by atoms with Crippen molar-refractivity contribution in [3.05, 3.63) is 34.9 Å². The summed E-state index contributed by atoms with van der Waals surface area (Å²) >= 11 is 0.